The van der Waals surface area contributed by atoms with Crippen molar-refractivity contribution in [3.63, 3.8) is 0 Å². The SMILES string of the molecule is CC(CO)N(C)c1c(Cl)cc(N)cc1Cl. The van der Waals surface area contributed by atoms with E-state index in [1.54, 1.807) is 12.1 Å². The molecular weight excluding hydrogens is 235 g/mol. The minimum atomic E-state index is -0.0522. The summed E-state index contributed by atoms with van der Waals surface area (Å²) in [4.78, 5) is 1.82. The normalized spacial score (nSPS) is 12.6. The fourth-order valence-corrected chi connectivity index (χ4v) is 2.04. The van der Waals surface area contributed by atoms with Crippen LogP contribution in [0.3, 0.4) is 0 Å². The molecule has 1 aromatic rings. The van der Waals surface area contributed by atoms with Gasteiger partial charge in [-0.15, -0.1) is 0 Å². The molecule has 15 heavy (non-hydrogen) atoms. The molecule has 0 saturated carbocycles. The van der Waals surface area contributed by atoms with Gasteiger partial charge in [-0.3, -0.25) is 0 Å². The molecule has 0 spiro atoms. The van der Waals surface area contributed by atoms with E-state index in [9.17, 15) is 0 Å². The fourth-order valence-electron chi connectivity index (χ4n) is 1.26. The molecule has 1 rings (SSSR count). The van der Waals surface area contributed by atoms with Crippen molar-refractivity contribution in [2.24, 2.45) is 0 Å². The fraction of sp³-hybridized carbons (Fsp3) is 0.400. The van der Waals surface area contributed by atoms with E-state index < -0.39 is 0 Å². The van der Waals surface area contributed by atoms with Gasteiger partial charge in [0.2, 0.25) is 0 Å². The van der Waals surface area contributed by atoms with E-state index >= 15 is 0 Å². The number of nitrogen functional groups attached to an aromatic ring is 1. The topological polar surface area (TPSA) is 49.5 Å². The first-order valence-corrected chi connectivity index (χ1v) is 5.31. The predicted molar refractivity (Wildman–Crippen MR) is 65.8 cm³/mol. The van der Waals surface area contributed by atoms with Crippen LogP contribution >= 0.6 is 23.2 Å². The van der Waals surface area contributed by atoms with Gasteiger partial charge >= 0.3 is 0 Å². The maximum Gasteiger partial charge on any atom is 0.0747 e. The molecule has 3 N–H and O–H groups in total. The molecule has 84 valence electrons. The van der Waals surface area contributed by atoms with Crippen LogP contribution < -0.4 is 10.6 Å². The van der Waals surface area contributed by atoms with Crippen molar-refractivity contribution < 1.29 is 5.11 Å². The largest absolute Gasteiger partial charge is 0.399 e. The predicted octanol–water partition coefficient (Wildman–Crippen LogP) is 2.39. The van der Waals surface area contributed by atoms with Gasteiger partial charge in [0.1, 0.15) is 0 Å². The number of aliphatic hydroxyl groups excluding tert-OH is 1. The Morgan fingerprint density at radius 2 is 1.87 bits per heavy atom. The van der Waals surface area contributed by atoms with Gasteiger partial charge in [0.25, 0.3) is 0 Å². The molecule has 0 aromatic heterocycles. The van der Waals surface area contributed by atoms with E-state index in [4.69, 9.17) is 34.0 Å². The maximum atomic E-state index is 9.05. The standard InChI is InChI=1S/C10H14Cl2N2O/c1-6(5-15)14(2)10-8(11)3-7(13)4-9(10)12/h3-4,6,15H,5,13H2,1-2H3. The molecule has 0 aliphatic heterocycles. The van der Waals surface area contributed by atoms with Gasteiger partial charge in [0.15, 0.2) is 0 Å². The molecule has 0 amide bonds. The zero-order valence-corrected chi connectivity index (χ0v) is 10.2. The van der Waals surface area contributed by atoms with Gasteiger partial charge in [-0.05, 0) is 19.1 Å². The smallest absolute Gasteiger partial charge is 0.0747 e. The minimum absolute atomic E-state index is 0.0353. The molecule has 0 saturated heterocycles. The van der Waals surface area contributed by atoms with Crippen molar-refractivity contribution in [2.45, 2.75) is 13.0 Å². The molecule has 0 aliphatic rings. The number of nitrogens with two attached hydrogens (primary N) is 1. The van der Waals surface area contributed by atoms with Crippen LogP contribution in [-0.2, 0) is 0 Å². The number of nitrogens with zero attached hydrogens (tertiary/aromatic N) is 1. The third-order valence-corrected chi connectivity index (χ3v) is 2.89. The first kappa shape index (κ1) is 12.4. The monoisotopic (exact) mass is 248 g/mol. The molecule has 0 heterocycles. The van der Waals surface area contributed by atoms with Gasteiger partial charge in [-0.25, -0.2) is 0 Å². The number of likely N-dealkylation sites (N-methyl/N-ethyl adjacent to an activating group) is 1. The summed E-state index contributed by atoms with van der Waals surface area (Å²) in [6, 6.07) is 3.23. The van der Waals surface area contributed by atoms with E-state index in [1.165, 1.54) is 0 Å². The number of anilines is 2. The van der Waals surface area contributed by atoms with Gasteiger partial charge in [-0.2, -0.15) is 0 Å². The van der Waals surface area contributed by atoms with Crippen molar-refractivity contribution in [2.75, 3.05) is 24.3 Å². The second-order valence-electron chi connectivity index (χ2n) is 3.48. The Balaban J connectivity index is 3.13. The summed E-state index contributed by atoms with van der Waals surface area (Å²) in [5.41, 5.74) is 6.82. The summed E-state index contributed by atoms with van der Waals surface area (Å²) < 4.78 is 0. The number of aliphatic hydroxyl groups is 1. The molecule has 0 bridgehead atoms. The molecular formula is C10H14Cl2N2O. The van der Waals surface area contributed by atoms with Crippen LogP contribution in [0.5, 0.6) is 0 Å². The first-order valence-electron chi connectivity index (χ1n) is 4.55. The number of benzene rings is 1. The maximum absolute atomic E-state index is 9.05. The summed E-state index contributed by atoms with van der Waals surface area (Å²) in [5.74, 6) is 0. The van der Waals surface area contributed by atoms with Gasteiger partial charge in [-0.1, -0.05) is 23.2 Å². The summed E-state index contributed by atoms with van der Waals surface area (Å²) in [7, 11) is 1.82. The second-order valence-corrected chi connectivity index (χ2v) is 4.29. The molecule has 1 unspecified atom stereocenters. The lowest BCUT2D eigenvalue weighted by atomic mass is 10.2. The number of rotatable bonds is 3. The van der Waals surface area contributed by atoms with Crippen molar-refractivity contribution >= 4 is 34.6 Å². The summed E-state index contributed by atoms with van der Waals surface area (Å²) in [6.07, 6.45) is 0. The molecule has 1 aromatic carbocycles. The Morgan fingerprint density at radius 3 is 2.27 bits per heavy atom. The Bertz CT molecular complexity index is 334. The Kier molecular flexibility index (Phi) is 4.08. The van der Waals surface area contributed by atoms with E-state index in [0.717, 1.165) is 0 Å². The highest BCUT2D eigenvalue weighted by Crippen LogP contribution is 2.35. The van der Waals surface area contributed by atoms with Gasteiger partial charge in [0, 0.05) is 18.8 Å². The van der Waals surface area contributed by atoms with E-state index in [-0.39, 0.29) is 12.6 Å². The highest BCUT2D eigenvalue weighted by molar-refractivity contribution is 6.39. The molecule has 0 fully saturated rings. The first-order chi connectivity index (χ1) is 6.97. The molecule has 1 atom stereocenters. The average Bonchev–Trinajstić information content (AvgIpc) is 2.14. The molecule has 0 radical (unpaired) electrons. The van der Waals surface area contributed by atoms with Crippen LogP contribution in [0.25, 0.3) is 0 Å². The van der Waals surface area contributed by atoms with Crippen molar-refractivity contribution in [1.82, 2.24) is 0 Å². The lowest BCUT2D eigenvalue weighted by Crippen LogP contribution is -2.32. The number of hydrogen-bond donors (Lipinski definition) is 2. The number of hydrogen-bond acceptors (Lipinski definition) is 3. The highest BCUT2D eigenvalue weighted by atomic mass is 35.5. The quantitative estimate of drug-likeness (QED) is 0.808. The summed E-state index contributed by atoms with van der Waals surface area (Å²) in [6.45, 7) is 1.91. The van der Waals surface area contributed by atoms with Crippen LogP contribution in [0.2, 0.25) is 10.0 Å². The average molecular weight is 249 g/mol. The zero-order chi connectivity index (χ0) is 11.6. The minimum Gasteiger partial charge on any atom is -0.399 e. The van der Waals surface area contributed by atoms with Crippen molar-refractivity contribution in [3.8, 4) is 0 Å². The number of halogens is 2. The summed E-state index contributed by atoms with van der Waals surface area (Å²) in [5, 5.41) is 10.0. The van der Waals surface area contributed by atoms with Crippen LogP contribution in [0.4, 0.5) is 11.4 Å². The Morgan fingerprint density at radius 1 is 1.40 bits per heavy atom. The van der Waals surface area contributed by atoms with Crippen LogP contribution in [0.1, 0.15) is 6.92 Å². The van der Waals surface area contributed by atoms with E-state index in [2.05, 4.69) is 0 Å². The molecule has 0 aliphatic carbocycles. The van der Waals surface area contributed by atoms with Gasteiger partial charge in [0.05, 0.1) is 22.3 Å². The van der Waals surface area contributed by atoms with E-state index in [1.807, 2.05) is 18.9 Å². The van der Waals surface area contributed by atoms with Crippen LogP contribution in [-0.4, -0.2) is 24.8 Å². The van der Waals surface area contributed by atoms with Gasteiger partial charge < -0.3 is 15.7 Å². The Labute approximate surface area is 99.4 Å². The van der Waals surface area contributed by atoms with Crippen molar-refractivity contribution in [1.29, 1.82) is 0 Å². The van der Waals surface area contributed by atoms with E-state index in [0.29, 0.717) is 21.4 Å². The third-order valence-electron chi connectivity index (χ3n) is 2.32. The van der Waals surface area contributed by atoms with Crippen LogP contribution in [0.15, 0.2) is 12.1 Å². The second kappa shape index (κ2) is 4.92. The lowest BCUT2D eigenvalue weighted by Gasteiger charge is -2.27. The van der Waals surface area contributed by atoms with Crippen molar-refractivity contribution in [3.05, 3.63) is 22.2 Å². The summed E-state index contributed by atoms with van der Waals surface area (Å²) >= 11 is 12.1. The Hall–Kier alpha value is -0.640. The highest BCUT2D eigenvalue weighted by Gasteiger charge is 2.16. The molecule has 3 nitrogen and oxygen atoms in total. The third kappa shape index (κ3) is 2.68. The zero-order valence-electron chi connectivity index (χ0n) is 8.67. The lowest BCUT2D eigenvalue weighted by molar-refractivity contribution is 0.270. The molecule has 5 heteroatoms. The van der Waals surface area contributed by atoms with Crippen LogP contribution in [0, 0.1) is 0 Å².